The molecule has 0 aromatic heterocycles. The van der Waals surface area contributed by atoms with E-state index in [1.165, 1.54) is 0 Å². The number of aryl methyl sites for hydroxylation is 1. The first-order valence-corrected chi connectivity index (χ1v) is 6.84. The van der Waals surface area contributed by atoms with Gasteiger partial charge in [-0.05, 0) is 30.7 Å². The summed E-state index contributed by atoms with van der Waals surface area (Å²) in [4.78, 5) is 10.3. The molecule has 2 aromatic rings. The molecule has 116 valence electrons. The molecule has 0 atom stereocenters. The molecule has 2 aromatic carbocycles. The van der Waals surface area contributed by atoms with Gasteiger partial charge in [-0.15, -0.1) is 0 Å². The second-order valence-electron chi connectivity index (χ2n) is 4.71. The topological polar surface area (TPSA) is 113 Å². The molecule has 0 heterocycles. The van der Waals surface area contributed by atoms with Crippen LogP contribution >= 0.6 is 11.6 Å². The van der Waals surface area contributed by atoms with E-state index in [1.807, 2.05) is 31.2 Å². The average molecular weight is 320 g/mol. The molecule has 0 bridgehead atoms. The van der Waals surface area contributed by atoms with E-state index in [1.54, 1.807) is 18.2 Å². The van der Waals surface area contributed by atoms with Gasteiger partial charge >= 0.3 is 5.97 Å². The third-order valence-electron chi connectivity index (χ3n) is 2.74. The van der Waals surface area contributed by atoms with Gasteiger partial charge in [0.05, 0.1) is 17.1 Å². The molecule has 0 saturated heterocycles. The van der Waals surface area contributed by atoms with Crippen molar-refractivity contribution in [1.29, 1.82) is 5.41 Å². The fraction of sp³-hybridized carbons (Fsp3) is 0.125. The van der Waals surface area contributed by atoms with Gasteiger partial charge in [0.25, 0.3) is 0 Å². The van der Waals surface area contributed by atoms with Crippen LogP contribution in [0.15, 0.2) is 42.5 Å². The Hall–Kier alpha value is -2.53. The Balaban J connectivity index is 0.000000220. The van der Waals surface area contributed by atoms with Crippen molar-refractivity contribution in [3.8, 4) is 0 Å². The summed E-state index contributed by atoms with van der Waals surface area (Å²) in [6.07, 6.45) is 0.113. The van der Waals surface area contributed by atoms with E-state index in [0.29, 0.717) is 16.3 Å². The van der Waals surface area contributed by atoms with Crippen LogP contribution in [0.5, 0.6) is 0 Å². The van der Waals surface area contributed by atoms with Crippen LogP contribution in [0, 0.1) is 12.3 Å². The highest BCUT2D eigenvalue weighted by Crippen LogP contribution is 2.18. The highest BCUT2D eigenvalue weighted by Gasteiger charge is 1.99. The Morgan fingerprint density at radius 2 is 1.95 bits per heavy atom. The van der Waals surface area contributed by atoms with E-state index < -0.39 is 5.97 Å². The number of hydrogen-bond acceptors (Lipinski definition) is 3. The van der Waals surface area contributed by atoms with E-state index in [9.17, 15) is 4.79 Å². The van der Waals surface area contributed by atoms with Crippen LogP contribution in [0.4, 0.5) is 5.69 Å². The lowest BCUT2D eigenvalue weighted by molar-refractivity contribution is -0.136. The van der Waals surface area contributed by atoms with E-state index in [4.69, 9.17) is 33.6 Å². The molecule has 0 saturated carbocycles. The number of carbonyl (C=O) groups is 1. The third kappa shape index (κ3) is 5.85. The number of nitrogens with one attached hydrogen (secondary N) is 1. The zero-order valence-electron chi connectivity index (χ0n) is 12.1. The van der Waals surface area contributed by atoms with Gasteiger partial charge < -0.3 is 16.6 Å². The molecule has 5 nitrogen and oxygen atoms in total. The van der Waals surface area contributed by atoms with Crippen LogP contribution in [0.1, 0.15) is 16.7 Å². The number of halogens is 1. The standard InChI is InChI=1S/C9H10O2.C7H8ClN3/c1-7-3-2-4-8(5-7)6-9(10)11;8-5-2-1-4(7(10)11)3-6(5)9/h2-5H,6H2,1H3,(H,10,11);1-3H,9H2,(H3,10,11). The van der Waals surface area contributed by atoms with Crippen molar-refractivity contribution < 1.29 is 9.90 Å². The summed E-state index contributed by atoms with van der Waals surface area (Å²) in [5, 5.41) is 16.0. The number of nitrogens with two attached hydrogens (primary N) is 2. The number of amidine groups is 1. The first-order chi connectivity index (χ1) is 10.3. The van der Waals surface area contributed by atoms with Crippen molar-refractivity contribution in [3.63, 3.8) is 0 Å². The third-order valence-corrected chi connectivity index (χ3v) is 3.09. The molecule has 0 fully saturated rings. The van der Waals surface area contributed by atoms with E-state index >= 15 is 0 Å². The number of hydrogen-bond donors (Lipinski definition) is 4. The summed E-state index contributed by atoms with van der Waals surface area (Å²) < 4.78 is 0. The van der Waals surface area contributed by atoms with E-state index in [0.717, 1.165) is 11.1 Å². The zero-order valence-corrected chi connectivity index (χ0v) is 12.9. The molecular weight excluding hydrogens is 302 g/mol. The van der Waals surface area contributed by atoms with Crippen molar-refractivity contribution in [2.75, 3.05) is 5.73 Å². The van der Waals surface area contributed by atoms with Crippen molar-refractivity contribution in [2.24, 2.45) is 5.73 Å². The molecule has 0 aliphatic carbocycles. The summed E-state index contributed by atoms with van der Waals surface area (Å²) in [6.45, 7) is 1.95. The molecular formula is C16H18ClN3O2. The fourth-order valence-corrected chi connectivity index (χ4v) is 1.83. The Morgan fingerprint density at radius 3 is 2.45 bits per heavy atom. The number of rotatable bonds is 3. The quantitative estimate of drug-likeness (QED) is 0.395. The molecule has 0 aliphatic heterocycles. The second-order valence-corrected chi connectivity index (χ2v) is 5.12. The van der Waals surface area contributed by atoms with Gasteiger partial charge in [0.15, 0.2) is 0 Å². The van der Waals surface area contributed by atoms with Crippen LogP contribution < -0.4 is 11.5 Å². The molecule has 0 unspecified atom stereocenters. The monoisotopic (exact) mass is 319 g/mol. The molecule has 0 radical (unpaired) electrons. The Morgan fingerprint density at radius 1 is 1.27 bits per heavy atom. The molecule has 6 heteroatoms. The van der Waals surface area contributed by atoms with Crippen LogP contribution in [0.3, 0.4) is 0 Å². The lowest BCUT2D eigenvalue weighted by Crippen LogP contribution is -2.11. The summed E-state index contributed by atoms with van der Waals surface area (Å²) in [7, 11) is 0. The summed E-state index contributed by atoms with van der Waals surface area (Å²) in [5.41, 5.74) is 13.7. The lowest BCUT2D eigenvalue weighted by atomic mass is 10.1. The van der Waals surface area contributed by atoms with Crippen LogP contribution in [0.25, 0.3) is 0 Å². The second kappa shape index (κ2) is 8.05. The zero-order chi connectivity index (χ0) is 16.7. The number of carboxylic acid groups (broad SMARTS) is 1. The Labute approximate surface area is 134 Å². The molecule has 0 amide bonds. The maximum Gasteiger partial charge on any atom is 0.307 e. The van der Waals surface area contributed by atoms with Crippen molar-refractivity contribution in [3.05, 3.63) is 64.2 Å². The highest BCUT2D eigenvalue weighted by atomic mass is 35.5. The predicted octanol–water partition coefficient (Wildman–Crippen LogP) is 2.83. The molecule has 6 N–H and O–H groups in total. The number of nitrogen functional groups attached to an aromatic ring is 2. The first kappa shape index (κ1) is 17.5. The summed E-state index contributed by atoms with van der Waals surface area (Å²) >= 11 is 5.65. The van der Waals surface area contributed by atoms with Gasteiger partial charge in [0.1, 0.15) is 5.84 Å². The van der Waals surface area contributed by atoms with Crippen molar-refractivity contribution >= 4 is 29.1 Å². The number of benzene rings is 2. The van der Waals surface area contributed by atoms with E-state index in [2.05, 4.69) is 0 Å². The van der Waals surface area contributed by atoms with Crippen molar-refractivity contribution in [2.45, 2.75) is 13.3 Å². The lowest BCUT2D eigenvalue weighted by Gasteiger charge is -2.00. The molecule has 0 spiro atoms. The average Bonchev–Trinajstić information content (AvgIpc) is 2.41. The van der Waals surface area contributed by atoms with Crippen LogP contribution in [-0.4, -0.2) is 16.9 Å². The van der Waals surface area contributed by atoms with Gasteiger partial charge in [0, 0.05) is 5.56 Å². The van der Waals surface area contributed by atoms with Gasteiger partial charge in [0.2, 0.25) is 0 Å². The smallest absolute Gasteiger partial charge is 0.307 e. The van der Waals surface area contributed by atoms with Crippen molar-refractivity contribution in [1.82, 2.24) is 0 Å². The molecule has 22 heavy (non-hydrogen) atoms. The van der Waals surface area contributed by atoms with Crippen LogP contribution in [0.2, 0.25) is 5.02 Å². The molecule has 2 rings (SSSR count). The largest absolute Gasteiger partial charge is 0.481 e. The maximum absolute atomic E-state index is 10.3. The number of carboxylic acids is 1. The SMILES string of the molecule is Cc1cccc(CC(=O)O)c1.N=C(N)c1ccc(Cl)c(N)c1. The van der Waals surface area contributed by atoms with E-state index in [-0.39, 0.29) is 12.3 Å². The van der Waals surface area contributed by atoms with Crippen LogP contribution in [-0.2, 0) is 11.2 Å². The normalized spacial score (nSPS) is 9.55. The molecule has 0 aliphatic rings. The van der Waals surface area contributed by atoms with Gasteiger partial charge in [-0.25, -0.2) is 0 Å². The van der Waals surface area contributed by atoms with Gasteiger partial charge in [-0.3, -0.25) is 10.2 Å². The predicted molar refractivity (Wildman–Crippen MR) is 89.4 cm³/mol. The minimum atomic E-state index is -0.782. The Kier molecular flexibility index (Phi) is 6.41. The minimum absolute atomic E-state index is 0.00614. The first-order valence-electron chi connectivity index (χ1n) is 6.46. The van der Waals surface area contributed by atoms with Gasteiger partial charge in [-0.1, -0.05) is 41.4 Å². The fourth-order valence-electron chi connectivity index (χ4n) is 1.71. The summed E-state index contributed by atoms with van der Waals surface area (Å²) in [6, 6.07) is 12.4. The Bertz CT molecular complexity index is 687. The summed E-state index contributed by atoms with van der Waals surface area (Å²) in [5.74, 6) is -0.788. The maximum atomic E-state index is 10.3. The number of aliphatic carboxylic acids is 1. The minimum Gasteiger partial charge on any atom is -0.481 e. The number of anilines is 1. The van der Waals surface area contributed by atoms with Gasteiger partial charge in [-0.2, -0.15) is 0 Å². The highest BCUT2D eigenvalue weighted by molar-refractivity contribution is 6.33.